The summed E-state index contributed by atoms with van der Waals surface area (Å²) in [5, 5.41) is 3.14. The Kier molecular flexibility index (Phi) is 7.18. The van der Waals surface area contributed by atoms with Crippen LogP contribution in [0.25, 0.3) is 0 Å². The van der Waals surface area contributed by atoms with Gasteiger partial charge >= 0.3 is 0 Å². The van der Waals surface area contributed by atoms with Crippen LogP contribution in [-0.4, -0.2) is 21.8 Å². The minimum Gasteiger partial charge on any atom is -0.598 e. The maximum Gasteiger partial charge on any atom is 0.224 e. The zero-order valence-electron chi connectivity index (χ0n) is 16.4. The summed E-state index contributed by atoms with van der Waals surface area (Å²) < 4.78 is 14.7. The van der Waals surface area contributed by atoms with Gasteiger partial charge in [-0.2, -0.15) is 0 Å². The molecule has 1 fully saturated rings. The highest BCUT2D eigenvalue weighted by atomic mass is 32.2. The van der Waals surface area contributed by atoms with Crippen LogP contribution in [0.4, 0.5) is 0 Å². The van der Waals surface area contributed by atoms with Gasteiger partial charge in [0.05, 0.1) is 0 Å². The molecular formula is C20H34N2O2S. The van der Waals surface area contributed by atoms with Crippen molar-refractivity contribution < 1.29 is 9.35 Å². The third kappa shape index (κ3) is 5.60. The number of allylic oxidation sites excluding steroid dienone is 4. The Morgan fingerprint density at radius 1 is 1.36 bits per heavy atom. The van der Waals surface area contributed by atoms with Crippen molar-refractivity contribution in [3.05, 3.63) is 22.9 Å². The zero-order valence-corrected chi connectivity index (χ0v) is 17.2. The van der Waals surface area contributed by atoms with Crippen molar-refractivity contribution in [3.63, 3.8) is 0 Å². The third-order valence-electron chi connectivity index (χ3n) is 5.29. The summed E-state index contributed by atoms with van der Waals surface area (Å²) in [5.41, 5.74) is 4.04. The smallest absolute Gasteiger partial charge is 0.224 e. The monoisotopic (exact) mass is 366 g/mol. The molecule has 0 bridgehead atoms. The molecule has 1 saturated carbocycles. The summed E-state index contributed by atoms with van der Waals surface area (Å²) in [6.45, 7) is 11.0. The van der Waals surface area contributed by atoms with Crippen LogP contribution in [0.15, 0.2) is 22.9 Å². The predicted octanol–water partition coefficient (Wildman–Crippen LogP) is 3.97. The largest absolute Gasteiger partial charge is 0.598 e. The highest BCUT2D eigenvalue weighted by Crippen LogP contribution is 2.43. The first-order chi connectivity index (χ1) is 11.7. The molecule has 1 amide bonds. The maximum absolute atomic E-state index is 12.3. The molecule has 0 spiro atoms. The molecule has 0 aromatic rings. The van der Waals surface area contributed by atoms with Crippen LogP contribution < -0.4 is 10.0 Å². The number of amides is 1. The standard InChI is InChI=1S/C20H34N2O2S/c1-14-13-18(15(2)17-10-8-9-16(14)17)22-19(23)11-6-7-12-21-25(24)20(3,4)5/h13,15,17,21H,6-12H2,1-5H3,(H,22,23)/t15-,17?,25?/m0/s1. The van der Waals surface area contributed by atoms with E-state index in [4.69, 9.17) is 0 Å². The second kappa shape index (κ2) is 8.74. The first-order valence-electron chi connectivity index (χ1n) is 9.56. The van der Waals surface area contributed by atoms with Crippen molar-refractivity contribution in [2.24, 2.45) is 11.8 Å². The molecule has 4 nitrogen and oxygen atoms in total. The van der Waals surface area contributed by atoms with E-state index in [0.717, 1.165) is 18.5 Å². The van der Waals surface area contributed by atoms with Gasteiger partial charge in [0, 0.05) is 35.9 Å². The Morgan fingerprint density at radius 2 is 2.08 bits per heavy atom. The Labute approximate surface area is 156 Å². The highest BCUT2D eigenvalue weighted by Gasteiger charge is 2.33. The molecule has 0 saturated heterocycles. The summed E-state index contributed by atoms with van der Waals surface area (Å²) in [4.78, 5) is 12.3. The van der Waals surface area contributed by atoms with Crippen LogP contribution in [0.3, 0.4) is 0 Å². The van der Waals surface area contributed by atoms with Crippen LogP contribution >= 0.6 is 0 Å². The van der Waals surface area contributed by atoms with Gasteiger partial charge in [-0.15, -0.1) is 4.72 Å². The Balaban J connectivity index is 1.71. The molecule has 0 heterocycles. The topological polar surface area (TPSA) is 64.2 Å². The Morgan fingerprint density at radius 3 is 2.76 bits per heavy atom. The SMILES string of the molecule is CC1=C2CCCC2[C@H](C)C(NC(=O)CCCCN[S+]([O-])C(C)(C)C)=C1. The molecule has 2 unspecified atom stereocenters. The van der Waals surface area contributed by atoms with Gasteiger partial charge in [0.15, 0.2) is 0 Å². The predicted molar refractivity (Wildman–Crippen MR) is 105 cm³/mol. The second-order valence-electron chi connectivity index (χ2n) is 8.38. The normalized spacial score (nSPS) is 24.8. The lowest BCUT2D eigenvalue weighted by Gasteiger charge is -2.29. The first-order valence-corrected chi connectivity index (χ1v) is 10.7. The Bertz CT molecular complexity index is 548. The van der Waals surface area contributed by atoms with Crippen LogP contribution in [-0.2, 0) is 16.2 Å². The molecule has 25 heavy (non-hydrogen) atoms. The van der Waals surface area contributed by atoms with Gasteiger partial charge in [0.25, 0.3) is 0 Å². The number of carbonyl (C=O) groups is 1. The van der Waals surface area contributed by atoms with Crippen molar-refractivity contribution >= 4 is 17.3 Å². The molecule has 0 aromatic carbocycles. The van der Waals surface area contributed by atoms with Crippen LogP contribution in [0, 0.1) is 11.8 Å². The molecule has 2 aliphatic carbocycles. The summed E-state index contributed by atoms with van der Waals surface area (Å²) in [5.74, 6) is 1.14. The maximum atomic E-state index is 12.3. The van der Waals surface area contributed by atoms with E-state index in [0.29, 0.717) is 24.8 Å². The molecule has 142 valence electrons. The van der Waals surface area contributed by atoms with Gasteiger partial charge in [0.1, 0.15) is 4.75 Å². The molecular weight excluding hydrogens is 332 g/mol. The zero-order chi connectivity index (χ0) is 18.6. The highest BCUT2D eigenvalue weighted by molar-refractivity contribution is 7.90. The number of carbonyl (C=O) groups excluding carboxylic acids is 1. The number of hydrogen-bond acceptors (Lipinski definition) is 3. The quantitative estimate of drug-likeness (QED) is 0.529. The van der Waals surface area contributed by atoms with Crippen molar-refractivity contribution in [1.82, 2.24) is 10.0 Å². The molecule has 0 radical (unpaired) electrons. The fourth-order valence-corrected chi connectivity index (χ4v) is 4.52. The van der Waals surface area contributed by atoms with Crippen molar-refractivity contribution in [1.29, 1.82) is 0 Å². The van der Waals surface area contributed by atoms with Gasteiger partial charge in [-0.05, 0) is 77.4 Å². The molecule has 2 N–H and O–H groups in total. The molecule has 3 atom stereocenters. The fourth-order valence-electron chi connectivity index (χ4n) is 3.75. The lowest BCUT2D eigenvalue weighted by Crippen LogP contribution is -2.39. The number of fused-ring (bicyclic) bond motifs is 1. The fraction of sp³-hybridized carbons (Fsp3) is 0.750. The third-order valence-corrected chi connectivity index (χ3v) is 6.86. The van der Waals surface area contributed by atoms with Gasteiger partial charge in [-0.1, -0.05) is 12.5 Å². The summed E-state index contributed by atoms with van der Waals surface area (Å²) in [6, 6.07) is 0. The molecule has 2 aliphatic rings. The lowest BCUT2D eigenvalue weighted by atomic mass is 9.80. The second-order valence-corrected chi connectivity index (χ2v) is 10.4. The van der Waals surface area contributed by atoms with Crippen LogP contribution in [0.2, 0.25) is 0 Å². The Hall–Kier alpha value is -0.780. The molecule has 0 aliphatic heterocycles. The van der Waals surface area contributed by atoms with Crippen LogP contribution in [0.5, 0.6) is 0 Å². The number of unbranched alkanes of at least 4 members (excludes halogenated alkanes) is 1. The molecule has 0 aromatic heterocycles. The van der Waals surface area contributed by atoms with Gasteiger partial charge < -0.3 is 9.87 Å². The average molecular weight is 367 g/mol. The minimum atomic E-state index is -1.03. The van der Waals surface area contributed by atoms with E-state index < -0.39 is 11.4 Å². The van der Waals surface area contributed by atoms with Gasteiger partial charge in [-0.3, -0.25) is 4.79 Å². The first kappa shape index (κ1) is 20.5. The number of nitrogens with one attached hydrogen (secondary N) is 2. The minimum absolute atomic E-state index is 0.101. The number of hydrogen-bond donors (Lipinski definition) is 2. The van der Waals surface area contributed by atoms with E-state index in [1.807, 2.05) is 20.8 Å². The van der Waals surface area contributed by atoms with Crippen molar-refractivity contribution in [3.8, 4) is 0 Å². The number of rotatable bonds is 7. The summed E-state index contributed by atoms with van der Waals surface area (Å²) in [7, 11) is 0. The van der Waals surface area contributed by atoms with Crippen LogP contribution in [0.1, 0.15) is 73.1 Å². The molecule has 5 heteroatoms. The van der Waals surface area contributed by atoms with Gasteiger partial charge in [-0.25, -0.2) is 0 Å². The summed E-state index contributed by atoms with van der Waals surface area (Å²) in [6.07, 6.45) is 8.11. The molecule has 2 rings (SSSR count). The van der Waals surface area contributed by atoms with E-state index in [9.17, 15) is 9.35 Å². The van der Waals surface area contributed by atoms with E-state index in [1.165, 1.54) is 24.8 Å². The van der Waals surface area contributed by atoms with Gasteiger partial charge in [0.2, 0.25) is 5.91 Å². The average Bonchev–Trinajstić information content (AvgIpc) is 3.01. The van der Waals surface area contributed by atoms with E-state index in [1.54, 1.807) is 5.57 Å². The van der Waals surface area contributed by atoms with E-state index >= 15 is 0 Å². The van der Waals surface area contributed by atoms with E-state index in [2.05, 4.69) is 30.0 Å². The van der Waals surface area contributed by atoms with E-state index in [-0.39, 0.29) is 10.7 Å². The lowest BCUT2D eigenvalue weighted by molar-refractivity contribution is -0.120. The summed E-state index contributed by atoms with van der Waals surface area (Å²) >= 11 is -1.03. The van der Waals surface area contributed by atoms with Crippen molar-refractivity contribution in [2.45, 2.75) is 77.9 Å². The van der Waals surface area contributed by atoms with Crippen molar-refractivity contribution in [2.75, 3.05) is 6.54 Å².